The first-order valence-electron chi connectivity index (χ1n) is 7.25. The number of rotatable bonds is 2. The Kier molecular flexibility index (Phi) is 4.06. The van der Waals surface area contributed by atoms with Crippen molar-refractivity contribution in [3.63, 3.8) is 0 Å². The van der Waals surface area contributed by atoms with Crippen LogP contribution in [0.2, 0.25) is 0 Å². The maximum absolute atomic E-state index is 6.11. The Labute approximate surface area is 134 Å². The number of hydrogen-bond donors (Lipinski definition) is 1. The molecule has 0 unspecified atom stereocenters. The molecule has 1 saturated heterocycles. The van der Waals surface area contributed by atoms with Gasteiger partial charge < -0.3 is 15.5 Å². The maximum atomic E-state index is 6.11. The molecule has 3 rings (SSSR count). The van der Waals surface area contributed by atoms with E-state index >= 15 is 0 Å². The van der Waals surface area contributed by atoms with Crippen LogP contribution >= 0.6 is 15.9 Å². The van der Waals surface area contributed by atoms with Gasteiger partial charge in [0.15, 0.2) is 0 Å². The zero-order valence-electron chi connectivity index (χ0n) is 12.2. The van der Waals surface area contributed by atoms with Crippen LogP contribution in [0.3, 0.4) is 0 Å². The molecule has 0 atom stereocenters. The van der Waals surface area contributed by atoms with Gasteiger partial charge in [0.1, 0.15) is 0 Å². The van der Waals surface area contributed by atoms with Crippen LogP contribution in [0.5, 0.6) is 0 Å². The third-order valence-electron chi connectivity index (χ3n) is 3.98. The second-order valence-electron chi connectivity index (χ2n) is 5.52. The van der Waals surface area contributed by atoms with E-state index in [9.17, 15) is 0 Å². The average Bonchev–Trinajstić information content (AvgIpc) is 2.50. The molecule has 0 radical (unpaired) electrons. The summed E-state index contributed by atoms with van der Waals surface area (Å²) in [6.07, 6.45) is 0. The number of nitrogens with two attached hydrogens (primary N) is 1. The van der Waals surface area contributed by atoms with Gasteiger partial charge in [0.2, 0.25) is 0 Å². The zero-order valence-corrected chi connectivity index (χ0v) is 13.8. The van der Waals surface area contributed by atoms with Crippen molar-refractivity contribution in [1.29, 1.82) is 0 Å². The van der Waals surface area contributed by atoms with E-state index in [0.717, 1.165) is 42.0 Å². The molecule has 1 fully saturated rings. The Balaban J connectivity index is 1.72. The molecule has 1 aliphatic rings. The summed E-state index contributed by atoms with van der Waals surface area (Å²) in [5.74, 6) is 0. The first-order valence-corrected chi connectivity index (χ1v) is 8.04. The van der Waals surface area contributed by atoms with E-state index < -0.39 is 0 Å². The molecule has 1 aliphatic heterocycles. The topological polar surface area (TPSA) is 32.5 Å². The lowest BCUT2D eigenvalue weighted by Crippen LogP contribution is -2.46. The average molecular weight is 346 g/mol. The summed E-state index contributed by atoms with van der Waals surface area (Å²) in [6.45, 7) is 6.18. The van der Waals surface area contributed by atoms with Crippen molar-refractivity contribution in [3.05, 3.63) is 52.5 Å². The van der Waals surface area contributed by atoms with Crippen molar-refractivity contribution >= 4 is 33.0 Å². The van der Waals surface area contributed by atoms with Crippen LogP contribution in [0.15, 0.2) is 46.9 Å². The summed E-state index contributed by atoms with van der Waals surface area (Å²) in [6, 6.07) is 14.8. The number of piperazine rings is 1. The van der Waals surface area contributed by atoms with Crippen LogP contribution in [-0.2, 0) is 0 Å². The SMILES string of the molecule is Cc1cccc(N2CCN(c3cc(Br)ccc3N)CC2)c1. The molecule has 0 spiro atoms. The van der Waals surface area contributed by atoms with E-state index in [-0.39, 0.29) is 0 Å². The number of nitrogen functional groups attached to an aromatic ring is 1. The second-order valence-corrected chi connectivity index (χ2v) is 6.43. The van der Waals surface area contributed by atoms with E-state index in [1.807, 2.05) is 12.1 Å². The monoisotopic (exact) mass is 345 g/mol. The lowest BCUT2D eigenvalue weighted by Gasteiger charge is -2.38. The maximum Gasteiger partial charge on any atom is 0.0612 e. The molecule has 3 nitrogen and oxygen atoms in total. The smallest absolute Gasteiger partial charge is 0.0612 e. The summed E-state index contributed by atoms with van der Waals surface area (Å²) < 4.78 is 1.08. The van der Waals surface area contributed by atoms with E-state index in [1.54, 1.807) is 0 Å². The van der Waals surface area contributed by atoms with Gasteiger partial charge in [-0.05, 0) is 42.8 Å². The number of halogens is 1. The molecule has 1 heterocycles. The minimum absolute atomic E-state index is 0.849. The van der Waals surface area contributed by atoms with Gasteiger partial charge in [0, 0.05) is 36.3 Å². The van der Waals surface area contributed by atoms with Crippen LogP contribution in [0.25, 0.3) is 0 Å². The Morgan fingerprint density at radius 3 is 2.38 bits per heavy atom. The molecule has 0 bridgehead atoms. The molecule has 0 amide bonds. The molecular formula is C17H20BrN3. The Morgan fingerprint density at radius 1 is 0.952 bits per heavy atom. The fraction of sp³-hybridized carbons (Fsp3) is 0.294. The predicted molar refractivity (Wildman–Crippen MR) is 94.2 cm³/mol. The molecular weight excluding hydrogens is 326 g/mol. The standard InChI is InChI=1S/C17H20BrN3/c1-13-3-2-4-15(11-13)20-7-9-21(10-8-20)17-12-14(18)5-6-16(17)19/h2-6,11-12H,7-10,19H2,1H3. The molecule has 4 heteroatoms. The molecule has 21 heavy (non-hydrogen) atoms. The summed E-state index contributed by atoms with van der Waals surface area (Å²) >= 11 is 3.53. The highest BCUT2D eigenvalue weighted by molar-refractivity contribution is 9.10. The fourth-order valence-electron chi connectivity index (χ4n) is 2.82. The first kappa shape index (κ1) is 14.3. The summed E-state index contributed by atoms with van der Waals surface area (Å²) in [5, 5.41) is 0. The fourth-order valence-corrected chi connectivity index (χ4v) is 3.17. The van der Waals surface area contributed by atoms with Gasteiger partial charge in [0.25, 0.3) is 0 Å². The normalized spacial score (nSPS) is 15.3. The predicted octanol–water partition coefficient (Wildman–Crippen LogP) is 3.67. The number of hydrogen-bond acceptors (Lipinski definition) is 3. The van der Waals surface area contributed by atoms with Crippen LogP contribution in [0, 0.1) is 6.92 Å². The molecule has 2 aromatic carbocycles. The first-order chi connectivity index (χ1) is 10.1. The van der Waals surface area contributed by atoms with Crippen molar-refractivity contribution in [1.82, 2.24) is 0 Å². The third kappa shape index (κ3) is 3.16. The number of nitrogens with zero attached hydrogens (tertiary/aromatic N) is 2. The summed E-state index contributed by atoms with van der Waals surface area (Å²) in [4.78, 5) is 4.81. The highest BCUT2D eigenvalue weighted by Crippen LogP contribution is 2.29. The zero-order chi connectivity index (χ0) is 14.8. The van der Waals surface area contributed by atoms with Gasteiger partial charge in [-0.15, -0.1) is 0 Å². The number of benzene rings is 2. The lowest BCUT2D eigenvalue weighted by molar-refractivity contribution is 0.654. The molecule has 0 aliphatic carbocycles. The number of aryl methyl sites for hydroxylation is 1. The third-order valence-corrected chi connectivity index (χ3v) is 4.47. The molecule has 2 aromatic rings. The van der Waals surface area contributed by atoms with E-state index in [1.165, 1.54) is 11.3 Å². The van der Waals surface area contributed by atoms with Crippen molar-refractivity contribution in [3.8, 4) is 0 Å². The molecule has 0 saturated carbocycles. The minimum Gasteiger partial charge on any atom is -0.397 e. The minimum atomic E-state index is 0.849. The lowest BCUT2D eigenvalue weighted by atomic mass is 10.1. The van der Waals surface area contributed by atoms with Crippen molar-refractivity contribution in [2.75, 3.05) is 41.7 Å². The quantitative estimate of drug-likeness (QED) is 0.843. The van der Waals surface area contributed by atoms with Crippen molar-refractivity contribution < 1.29 is 0 Å². The summed E-state index contributed by atoms with van der Waals surface area (Å²) in [5.41, 5.74) is 10.7. The Morgan fingerprint density at radius 2 is 1.67 bits per heavy atom. The second kappa shape index (κ2) is 5.98. The van der Waals surface area contributed by atoms with Crippen LogP contribution in [0.4, 0.5) is 17.1 Å². The van der Waals surface area contributed by atoms with Crippen molar-refractivity contribution in [2.45, 2.75) is 6.92 Å². The van der Waals surface area contributed by atoms with Gasteiger partial charge in [-0.3, -0.25) is 0 Å². The highest BCUT2D eigenvalue weighted by Gasteiger charge is 2.19. The Hall–Kier alpha value is -1.68. The van der Waals surface area contributed by atoms with Gasteiger partial charge in [-0.25, -0.2) is 0 Å². The van der Waals surface area contributed by atoms with E-state index in [4.69, 9.17) is 5.73 Å². The van der Waals surface area contributed by atoms with E-state index in [0.29, 0.717) is 0 Å². The number of anilines is 3. The van der Waals surface area contributed by atoms with Gasteiger partial charge in [0.05, 0.1) is 11.4 Å². The van der Waals surface area contributed by atoms with Crippen LogP contribution < -0.4 is 15.5 Å². The van der Waals surface area contributed by atoms with Crippen molar-refractivity contribution in [2.24, 2.45) is 0 Å². The van der Waals surface area contributed by atoms with Gasteiger partial charge >= 0.3 is 0 Å². The Bertz CT molecular complexity index is 634. The summed E-state index contributed by atoms with van der Waals surface area (Å²) in [7, 11) is 0. The van der Waals surface area contributed by atoms with Gasteiger partial charge in [-0.2, -0.15) is 0 Å². The van der Waals surface area contributed by atoms with Gasteiger partial charge in [-0.1, -0.05) is 28.1 Å². The van der Waals surface area contributed by atoms with E-state index in [2.05, 4.69) is 63.0 Å². The molecule has 110 valence electrons. The molecule has 2 N–H and O–H groups in total. The van der Waals surface area contributed by atoms with Crippen LogP contribution in [0.1, 0.15) is 5.56 Å². The molecule has 0 aromatic heterocycles. The highest BCUT2D eigenvalue weighted by atomic mass is 79.9. The van der Waals surface area contributed by atoms with Crippen LogP contribution in [-0.4, -0.2) is 26.2 Å². The largest absolute Gasteiger partial charge is 0.397 e.